The molecule has 11 aromatic rings. The van der Waals surface area contributed by atoms with Gasteiger partial charge in [0.2, 0.25) is 0 Å². The van der Waals surface area contributed by atoms with Gasteiger partial charge in [-0.05, 0) is 101 Å². The largest absolute Gasteiger partial charge is 0.135 e. The first kappa shape index (κ1) is 29.7. The SMILES string of the molecule is CC1(C)c2cc(-c3c4ccccc4c(-c4cccc5sc6ccccc6c45)c4ccccc34)ccc2-c2ccc3sc4c5ccccc5ccc4c3c21. The van der Waals surface area contributed by atoms with Crippen LogP contribution in [0.1, 0.15) is 25.0 Å². The average molecular weight is 709 g/mol. The Morgan fingerprint density at radius 2 is 1.02 bits per heavy atom. The minimum Gasteiger partial charge on any atom is -0.135 e. The Hall–Kier alpha value is -5.80. The van der Waals surface area contributed by atoms with E-state index in [1.807, 2.05) is 22.7 Å². The standard InChI is InChI=1S/C51H32S2/c1-51(2)41-28-30(23-24-32(41)37-26-27-44-48(49(37)51)40-25-22-29-12-3-4-13-31(29)50(40)53-44)45-33-14-5-7-16-35(33)46(36-17-8-6-15-34(36)45)39-19-11-21-43-47(39)38-18-9-10-20-42(38)52-43/h3-28H,1-2H3. The second kappa shape index (κ2) is 10.6. The van der Waals surface area contributed by atoms with Crippen molar-refractivity contribution in [1.29, 1.82) is 0 Å². The zero-order valence-corrected chi connectivity index (χ0v) is 31.0. The third-order valence-electron chi connectivity index (χ3n) is 12.0. The zero-order valence-electron chi connectivity index (χ0n) is 29.3. The lowest BCUT2D eigenvalue weighted by molar-refractivity contribution is 0.667. The molecule has 0 atom stereocenters. The van der Waals surface area contributed by atoms with Gasteiger partial charge in [0, 0.05) is 45.8 Å². The van der Waals surface area contributed by atoms with Crippen molar-refractivity contribution in [2.24, 2.45) is 0 Å². The molecule has 248 valence electrons. The number of hydrogen-bond acceptors (Lipinski definition) is 2. The Labute approximate surface area is 315 Å². The van der Waals surface area contributed by atoms with Crippen molar-refractivity contribution in [1.82, 2.24) is 0 Å². The minimum atomic E-state index is -0.166. The summed E-state index contributed by atoms with van der Waals surface area (Å²) in [6.07, 6.45) is 0. The van der Waals surface area contributed by atoms with Gasteiger partial charge < -0.3 is 0 Å². The maximum atomic E-state index is 2.52. The molecule has 2 heteroatoms. The van der Waals surface area contributed by atoms with Crippen molar-refractivity contribution in [2.75, 3.05) is 0 Å². The summed E-state index contributed by atoms with van der Waals surface area (Å²) in [6, 6.07) is 59.4. The predicted octanol–water partition coefficient (Wildman–Crippen LogP) is 15.5. The fourth-order valence-electron chi connectivity index (χ4n) is 9.77. The van der Waals surface area contributed by atoms with Crippen LogP contribution in [0.25, 0.3) is 106 Å². The van der Waals surface area contributed by atoms with Crippen LogP contribution in [0.2, 0.25) is 0 Å². The molecule has 1 aliphatic rings. The van der Waals surface area contributed by atoms with Crippen LogP contribution in [0.5, 0.6) is 0 Å². The molecular formula is C51H32S2. The Morgan fingerprint density at radius 3 is 1.79 bits per heavy atom. The normalized spacial score (nSPS) is 13.6. The summed E-state index contributed by atoms with van der Waals surface area (Å²) in [6.45, 7) is 4.88. The fourth-order valence-corrected chi connectivity index (χ4v) is 12.1. The third-order valence-corrected chi connectivity index (χ3v) is 14.4. The molecule has 0 aliphatic heterocycles. The molecule has 0 spiro atoms. The summed E-state index contributed by atoms with van der Waals surface area (Å²) < 4.78 is 5.44. The summed E-state index contributed by atoms with van der Waals surface area (Å²) in [4.78, 5) is 0. The molecular weight excluding hydrogens is 677 g/mol. The van der Waals surface area contributed by atoms with Gasteiger partial charge in [-0.1, -0.05) is 147 Å². The van der Waals surface area contributed by atoms with Gasteiger partial charge in [-0.3, -0.25) is 0 Å². The lowest BCUT2D eigenvalue weighted by atomic mass is 9.79. The van der Waals surface area contributed by atoms with Crippen LogP contribution in [0.3, 0.4) is 0 Å². The van der Waals surface area contributed by atoms with Crippen LogP contribution >= 0.6 is 22.7 Å². The van der Waals surface area contributed by atoms with E-state index in [0.29, 0.717) is 0 Å². The van der Waals surface area contributed by atoms with Crippen LogP contribution < -0.4 is 0 Å². The quantitative estimate of drug-likeness (QED) is 0.157. The minimum absolute atomic E-state index is 0.166. The Kier molecular flexibility index (Phi) is 5.97. The molecule has 53 heavy (non-hydrogen) atoms. The molecule has 0 saturated carbocycles. The summed E-state index contributed by atoms with van der Waals surface area (Å²) in [5.41, 5.74) is 10.7. The smallest absolute Gasteiger partial charge is 0.0433 e. The first-order chi connectivity index (χ1) is 26.1. The molecule has 1 aliphatic carbocycles. The van der Waals surface area contributed by atoms with Gasteiger partial charge in [0.15, 0.2) is 0 Å². The van der Waals surface area contributed by atoms with Crippen molar-refractivity contribution in [2.45, 2.75) is 19.3 Å². The van der Waals surface area contributed by atoms with Gasteiger partial charge in [-0.2, -0.15) is 0 Å². The predicted molar refractivity (Wildman–Crippen MR) is 233 cm³/mol. The zero-order chi connectivity index (χ0) is 35.0. The van der Waals surface area contributed by atoms with Crippen LogP contribution in [0.15, 0.2) is 158 Å². The number of thiophene rings is 2. The summed E-state index contributed by atoms with van der Waals surface area (Å²) in [7, 11) is 0. The molecule has 0 saturated heterocycles. The van der Waals surface area contributed by atoms with E-state index in [1.54, 1.807) is 0 Å². The van der Waals surface area contributed by atoms with Gasteiger partial charge in [0.05, 0.1) is 0 Å². The number of hydrogen-bond donors (Lipinski definition) is 0. The first-order valence-corrected chi connectivity index (χ1v) is 20.1. The van der Waals surface area contributed by atoms with Gasteiger partial charge in [0.1, 0.15) is 0 Å². The van der Waals surface area contributed by atoms with Crippen LogP contribution in [-0.2, 0) is 5.41 Å². The number of benzene rings is 9. The van der Waals surface area contributed by atoms with Crippen molar-refractivity contribution in [3.05, 3.63) is 169 Å². The highest BCUT2D eigenvalue weighted by atomic mass is 32.1. The molecule has 0 bridgehead atoms. The van der Waals surface area contributed by atoms with Gasteiger partial charge in [-0.25, -0.2) is 0 Å². The van der Waals surface area contributed by atoms with E-state index in [9.17, 15) is 0 Å². The molecule has 2 heterocycles. The molecule has 12 rings (SSSR count). The lowest BCUT2D eigenvalue weighted by Crippen LogP contribution is -2.15. The molecule has 0 nitrogen and oxygen atoms in total. The van der Waals surface area contributed by atoms with E-state index < -0.39 is 0 Å². The van der Waals surface area contributed by atoms with Crippen molar-refractivity contribution in [3.8, 4) is 33.4 Å². The van der Waals surface area contributed by atoms with E-state index in [-0.39, 0.29) is 5.41 Å². The topological polar surface area (TPSA) is 0 Å². The Balaban J connectivity index is 1.11. The van der Waals surface area contributed by atoms with E-state index >= 15 is 0 Å². The number of rotatable bonds is 2. The summed E-state index contributed by atoms with van der Waals surface area (Å²) >= 11 is 3.83. The second-order valence-corrected chi connectivity index (χ2v) is 17.3. The summed E-state index contributed by atoms with van der Waals surface area (Å²) in [5.74, 6) is 0. The molecule has 0 fully saturated rings. The van der Waals surface area contributed by atoms with Gasteiger partial charge >= 0.3 is 0 Å². The van der Waals surface area contributed by atoms with Crippen molar-refractivity contribution < 1.29 is 0 Å². The lowest BCUT2D eigenvalue weighted by Gasteiger charge is -2.24. The molecule has 9 aromatic carbocycles. The highest BCUT2D eigenvalue weighted by Crippen LogP contribution is 2.56. The van der Waals surface area contributed by atoms with Crippen LogP contribution in [0, 0.1) is 0 Å². The first-order valence-electron chi connectivity index (χ1n) is 18.4. The third kappa shape index (κ3) is 3.95. The highest BCUT2D eigenvalue weighted by Gasteiger charge is 2.38. The average Bonchev–Trinajstić information content (AvgIpc) is 3.84. The molecule has 0 unspecified atom stereocenters. The number of fused-ring (bicyclic) bond motifs is 14. The van der Waals surface area contributed by atoms with E-state index in [1.165, 1.54) is 117 Å². The molecule has 0 amide bonds. The monoisotopic (exact) mass is 708 g/mol. The maximum absolute atomic E-state index is 2.52. The van der Waals surface area contributed by atoms with Crippen molar-refractivity contribution >= 4 is 95.3 Å². The molecule has 0 radical (unpaired) electrons. The Morgan fingerprint density at radius 1 is 0.396 bits per heavy atom. The molecule has 0 N–H and O–H groups in total. The van der Waals surface area contributed by atoms with Gasteiger partial charge in [-0.15, -0.1) is 22.7 Å². The summed E-state index contributed by atoms with van der Waals surface area (Å²) in [5, 5.41) is 13.3. The van der Waals surface area contributed by atoms with Crippen LogP contribution in [-0.4, -0.2) is 0 Å². The maximum Gasteiger partial charge on any atom is 0.0433 e. The highest BCUT2D eigenvalue weighted by molar-refractivity contribution is 7.27. The fraction of sp³-hybridized carbons (Fsp3) is 0.0588. The van der Waals surface area contributed by atoms with E-state index in [4.69, 9.17) is 0 Å². The van der Waals surface area contributed by atoms with E-state index in [0.717, 1.165) is 0 Å². The molecule has 2 aromatic heterocycles. The van der Waals surface area contributed by atoms with Gasteiger partial charge in [0.25, 0.3) is 0 Å². The van der Waals surface area contributed by atoms with Crippen molar-refractivity contribution in [3.63, 3.8) is 0 Å². The Bertz CT molecular complexity index is 3310. The second-order valence-electron chi connectivity index (χ2n) is 15.1. The van der Waals surface area contributed by atoms with E-state index in [2.05, 4.69) is 172 Å². The van der Waals surface area contributed by atoms with Crippen LogP contribution in [0.4, 0.5) is 0 Å².